The minimum Gasteiger partial charge on any atom is -0.443 e. The molecule has 0 radical (unpaired) electrons. The number of amides is 2. The zero-order valence-corrected chi connectivity index (χ0v) is 59.8. The lowest BCUT2D eigenvalue weighted by Gasteiger charge is -2.49. The number of piperidine rings is 4. The molecular formula is C71H119F2N5O11S2. The molecule has 520 valence electrons. The summed E-state index contributed by atoms with van der Waals surface area (Å²) in [6.45, 7) is 33.6. The van der Waals surface area contributed by atoms with E-state index in [1.165, 1.54) is 37.7 Å². The van der Waals surface area contributed by atoms with Crippen molar-refractivity contribution in [2.45, 2.75) is 270 Å². The number of likely N-dealkylation sites (tertiary alicyclic amines) is 1. The molecule has 12 fully saturated rings. The van der Waals surface area contributed by atoms with Crippen molar-refractivity contribution in [3.63, 3.8) is 0 Å². The first kappa shape index (κ1) is 72.5. The number of ether oxygens (including phenoxy) is 5. The number of halogens is 2. The summed E-state index contributed by atoms with van der Waals surface area (Å²) in [5, 5.41) is -3.67. The average Bonchev–Trinajstić information content (AvgIpc) is 1.68. The predicted molar refractivity (Wildman–Crippen MR) is 353 cm³/mol. The summed E-state index contributed by atoms with van der Waals surface area (Å²) < 4.78 is 106. The van der Waals surface area contributed by atoms with E-state index in [4.69, 9.17) is 23.7 Å². The minimum atomic E-state index is -4.48. The van der Waals surface area contributed by atoms with Crippen molar-refractivity contribution < 1.29 is 58.9 Å². The highest BCUT2D eigenvalue weighted by atomic mass is 32.2. The van der Waals surface area contributed by atoms with E-state index in [9.17, 15) is 35.2 Å². The molecule has 0 aromatic heterocycles. The number of carbonyl (C=O) groups excluding carboxylic acids is 2. The minimum absolute atomic E-state index is 0.0411. The predicted octanol–water partition coefficient (Wildman–Crippen LogP) is 13.7. The topological polar surface area (TPSA) is 165 Å². The molecule has 10 saturated heterocycles. The summed E-state index contributed by atoms with van der Waals surface area (Å²) in [5.74, 6) is 7.79. The van der Waals surface area contributed by atoms with Crippen LogP contribution in [0.25, 0.3) is 0 Å². The van der Waals surface area contributed by atoms with Gasteiger partial charge in [0.05, 0.1) is 38.8 Å². The zero-order chi connectivity index (χ0) is 66.1. The molecule has 10 heterocycles. The van der Waals surface area contributed by atoms with Gasteiger partial charge in [0.1, 0.15) is 11.2 Å². The summed E-state index contributed by atoms with van der Waals surface area (Å²) in [5.41, 5.74) is 1.13. The Balaban J connectivity index is 0.000000135. The van der Waals surface area contributed by atoms with Crippen LogP contribution >= 0.6 is 0 Å². The van der Waals surface area contributed by atoms with Gasteiger partial charge in [-0.15, -0.1) is 0 Å². The third-order valence-electron chi connectivity index (χ3n) is 23.7. The number of hydrogen-bond donors (Lipinski definition) is 0. The Bertz CT molecular complexity index is 2710. The van der Waals surface area contributed by atoms with Crippen molar-refractivity contribution in [3.05, 3.63) is 35.9 Å². The number of sulfonamides is 2. The second kappa shape index (κ2) is 30.0. The number of carbonyl (C=O) groups is 2. The van der Waals surface area contributed by atoms with Gasteiger partial charge in [0, 0.05) is 93.8 Å². The Hall–Kier alpha value is -2.72. The largest absolute Gasteiger partial charge is 0.443 e. The van der Waals surface area contributed by atoms with E-state index in [2.05, 4.69) is 109 Å². The van der Waals surface area contributed by atoms with Crippen molar-refractivity contribution in [3.8, 4) is 0 Å². The standard InChI is InChI=1S/C17H25NO.C15H25NO3.C14H23NO2.C13H25NO3S.C12H21F2NO2S/c1-13(2)15-8-16-11-19-12-17(9-15)18(16)10-14-6-4-3-5-7-14;1-10(2)13-11-6-16(7-12(13)9-18-8-11)14(17)19-15(3)4-5-15;1-9(2)11-8-10-4-5-12(11)15(10)13(16)17-14(3)6-7-14;1-10(2)11-8-12-4-5-13(9-11)14(12)18(15,16)7-6-17-3;1-8(2)9-6-10-4-5-11(7-9)15(10)18(16,17)12(3,13)14/h3-7,13,15-17H,8-12H2,1-2H3;10-13H,4-9H2,1-3H3;9-12H,4-8H2,1-3H3;10-13H,4-9H2,1-3H3;8-11H,4-7H2,1-3H3/t;;10?,11-,12?;;/m..0../s1. The first-order valence-corrected chi connectivity index (χ1v) is 38.7. The van der Waals surface area contributed by atoms with Crippen LogP contribution in [-0.2, 0) is 50.3 Å². The van der Waals surface area contributed by atoms with Crippen molar-refractivity contribution in [2.75, 3.05) is 59.0 Å². The molecule has 2 amide bonds. The van der Waals surface area contributed by atoms with E-state index >= 15 is 0 Å². The lowest BCUT2D eigenvalue weighted by atomic mass is 9.71. The fourth-order valence-electron chi connectivity index (χ4n) is 17.7. The maximum absolute atomic E-state index is 13.3. The van der Waals surface area contributed by atoms with Crippen molar-refractivity contribution in [2.24, 2.45) is 71.0 Å². The summed E-state index contributed by atoms with van der Waals surface area (Å²) in [7, 11) is -6.06. The molecule has 12 aliphatic rings. The second-order valence-electron chi connectivity index (χ2n) is 32.3. The molecule has 0 spiro atoms. The molecule has 1 aromatic rings. The Morgan fingerprint density at radius 1 is 0.582 bits per heavy atom. The van der Waals surface area contributed by atoms with Gasteiger partial charge in [0.15, 0.2) is 0 Å². The van der Waals surface area contributed by atoms with E-state index < -0.39 is 25.3 Å². The van der Waals surface area contributed by atoms with E-state index in [-0.39, 0.29) is 53.3 Å². The van der Waals surface area contributed by atoms with Crippen LogP contribution in [0.4, 0.5) is 18.4 Å². The lowest BCUT2D eigenvalue weighted by molar-refractivity contribution is -0.0969. The smallest absolute Gasteiger partial charge is 0.410 e. The fraction of sp³-hybridized carbons (Fsp3) is 0.887. The van der Waals surface area contributed by atoms with Crippen LogP contribution in [0.1, 0.15) is 205 Å². The molecule has 11 atom stereocenters. The van der Waals surface area contributed by atoms with Crippen LogP contribution in [0.5, 0.6) is 0 Å². The molecular weight excluding hydrogens is 1200 g/mol. The molecule has 13 rings (SSSR count). The molecule has 10 aliphatic heterocycles. The van der Waals surface area contributed by atoms with Gasteiger partial charge < -0.3 is 33.5 Å². The van der Waals surface area contributed by atoms with Gasteiger partial charge in [-0.25, -0.2) is 26.4 Å². The normalized spacial score (nSPS) is 34.5. The summed E-state index contributed by atoms with van der Waals surface area (Å²) >= 11 is 0. The van der Waals surface area contributed by atoms with Gasteiger partial charge in [-0.3, -0.25) is 4.90 Å². The number of alkyl halides is 2. The SMILES string of the molecule is CC(C)C1C2COCC1CN(C(=O)OC1(C)CC1)C2.CC(C)C1CC2CCC(C1)N2S(=O)(=O)C(C)(F)F.CC(C)C1CC2COCC(C1)N2Cc1ccccc1.CC(C)[C@@H]1CC2CCC1N2C(=O)OC1(C)CC1.COCCS(=O)(=O)N1C2CCC1CC(C(C)C)C2. The molecule has 16 nitrogen and oxygen atoms in total. The Morgan fingerprint density at radius 2 is 1.02 bits per heavy atom. The first-order chi connectivity index (χ1) is 42.8. The van der Waals surface area contributed by atoms with Gasteiger partial charge in [0.2, 0.25) is 10.0 Å². The summed E-state index contributed by atoms with van der Waals surface area (Å²) in [6, 6.07) is 13.1. The summed E-state index contributed by atoms with van der Waals surface area (Å²) in [6.07, 6.45) is 17.2. The molecule has 1 aromatic carbocycles. The van der Waals surface area contributed by atoms with Crippen molar-refractivity contribution in [1.82, 2.24) is 23.3 Å². The van der Waals surface area contributed by atoms with Crippen LogP contribution in [0.3, 0.4) is 0 Å². The van der Waals surface area contributed by atoms with Crippen LogP contribution < -0.4 is 0 Å². The maximum Gasteiger partial charge on any atom is 0.410 e. The highest BCUT2D eigenvalue weighted by Gasteiger charge is 2.56. The number of fused-ring (bicyclic) bond motifs is 10. The van der Waals surface area contributed by atoms with Gasteiger partial charge in [-0.2, -0.15) is 17.4 Å². The number of morpholine rings is 1. The molecule has 0 N–H and O–H groups in total. The average molecular weight is 1320 g/mol. The van der Waals surface area contributed by atoms with Crippen molar-refractivity contribution in [1.29, 1.82) is 0 Å². The van der Waals surface area contributed by atoms with Gasteiger partial charge in [0.25, 0.3) is 10.0 Å². The first-order valence-electron chi connectivity index (χ1n) is 35.7. The van der Waals surface area contributed by atoms with Crippen LogP contribution in [0.15, 0.2) is 30.3 Å². The molecule has 2 saturated carbocycles. The van der Waals surface area contributed by atoms with E-state index in [0.717, 1.165) is 139 Å². The quantitative estimate of drug-likeness (QED) is 0.163. The van der Waals surface area contributed by atoms with Crippen LogP contribution in [0, 0.1) is 71.0 Å². The Morgan fingerprint density at radius 3 is 1.44 bits per heavy atom. The lowest BCUT2D eigenvalue weighted by Crippen LogP contribution is -2.56. The number of benzene rings is 1. The van der Waals surface area contributed by atoms with Crippen molar-refractivity contribution >= 4 is 32.2 Å². The van der Waals surface area contributed by atoms with E-state index in [1.807, 2.05) is 23.1 Å². The van der Waals surface area contributed by atoms with Gasteiger partial charge in [-0.05, 0) is 188 Å². The number of nitrogens with zero attached hydrogens (tertiary/aromatic N) is 5. The number of hydrogen-bond acceptors (Lipinski definition) is 12. The maximum atomic E-state index is 13.3. The third kappa shape index (κ3) is 17.5. The fourth-order valence-corrected chi connectivity index (χ4v) is 21.1. The molecule has 10 bridgehead atoms. The molecule has 10 unspecified atom stereocenters. The van der Waals surface area contributed by atoms with Gasteiger partial charge in [-0.1, -0.05) is 99.6 Å². The molecule has 2 aliphatic carbocycles. The Kier molecular flexibility index (Phi) is 23.9. The Labute approximate surface area is 548 Å². The number of methoxy groups -OCH3 is 1. The molecule has 20 heteroatoms. The second-order valence-corrected chi connectivity index (χ2v) is 36.3. The van der Waals surface area contributed by atoms with Crippen LogP contribution in [-0.4, -0.2) is 176 Å². The zero-order valence-electron chi connectivity index (χ0n) is 58.1. The van der Waals surface area contributed by atoms with Gasteiger partial charge >= 0.3 is 17.4 Å². The molecule has 91 heavy (non-hydrogen) atoms. The van der Waals surface area contributed by atoms with E-state index in [0.29, 0.717) is 96.9 Å². The third-order valence-corrected chi connectivity index (χ3v) is 27.6. The summed E-state index contributed by atoms with van der Waals surface area (Å²) in [4.78, 5) is 31.1. The number of rotatable bonds is 15. The monoisotopic (exact) mass is 1320 g/mol. The highest BCUT2D eigenvalue weighted by Crippen LogP contribution is 2.49. The highest BCUT2D eigenvalue weighted by molar-refractivity contribution is 7.90. The van der Waals surface area contributed by atoms with E-state index in [1.54, 1.807) is 7.11 Å². The van der Waals surface area contributed by atoms with Crippen LogP contribution in [0.2, 0.25) is 0 Å².